The molecule has 0 saturated carbocycles. The summed E-state index contributed by atoms with van der Waals surface area (Å²) in [6.45, 7) is 8.76. The van der Waals surface area contributed by atoms with Crippen LogP contribution in [0.4, 0.5) is 0 Å². The minimum atomic E-state index is -0.376. The van der Waals surface area contributed by atoms with Crippen LogP contribution in [0.25, 0.3) is 10.8 Å². The van der Waals surface area contributed by atoms with Crippen molar-refractivity contribution in [1.29, 1.82) is 0 Å². The Kier molecular flexibility index (Phi) is 7.89. The summed E-state index contributed by atoms with van der Waals surface area (Å²) in [4.78, 5) is 14.7. The van der Waals surface area contributed by atoms with Gasteiger partial charge in [-0.05, 0) is 43.1 Å². The van der Waals surface area contributed by atoms with E-state index in [1.54, 1.807) is 0 Å². The summed E-state index contributed by atoms with van der Waals surface area (Å²) in [6.07, 6.45) is 0.965. The first-order valence-electron chi connectivity index (χ1n) is 9.16. The first-order valence-corrected chi connectivity index (χ1v) is 9.16. The summed E-state index contributed by atoms with van der Waals surface area (Å²) >= 11 is 0. The topological polar surface area (TPSA) is 38.8 Å². The van der Waals surface area contributed by atoms with Gasteiger partial charge in [0.15, 0.2) is 0 Å². The second kappa shape index (κ2) is 10.2. The molecule has 25 heavy (non-hydrogen) atoms. The first kappa shape index (κ1) is 19.4. The van der Waals surface area contributed by atoms with Gasteiger partial charge in [0.05, 0.1) is 13.2 Å². The molecule has 2 rings (SSSR count). The number of hydrogen-bond donors (Lipinski definition) is 0. The average molecular weight is 343 g/mol. The van der Waals surface area contributed by atoms with Gasteiger partial charge in [0, 0.05) is 13.2 Å². The number of ether oxygens (including phenoxy) is 2. The second-order valence-corrected chi connectivity index (χ2v) is 6.04. The highest BCUT2D eigenvalue weighted by molar-refractivity contribution is 5.85. The Hall–Kier alpha value is -1.91. The van der Waals surface area contributed by atoms with E-state index < -0.39 is 0 Å². The zero-order chi connectivity index (χ0) is 18.1. The summed E-state index contributed by atoms with van der Waals surface area (Å²) in [5.41, 5.74) is 1.22. The van der Waals surface area contributed by atoms with Crippen LogP contribution < -0.4 is 0 Å². The van der Waals surface area contributed by atoms with E-state index in [0.717, 1.165) is 13.0 Å². The highest BCUT2D eigenvalue weighted by Crippen LogP contribution is 2.21. The van der Waals surface area contributed by atoms with Gasteiger partial charge in [-0.1, -0.05) is 49.4 Å². The molecule has 2 aromatic carbocycles. The molecule has 0 fully saturated rings. The third-order valence-corrected chi connectivity index (χ3v) is 4.24. The minimum absolute atomic E-state index is 0.204. The Labute approximate surface area is 150 Å². The Bertz CT molecular complexity index is 666. The van der Waals surface area contributed by atoms with Crippen molar-refractivity contribution in [3.05, 3.63) is 48.0 Å². The van der Waals surface area contributed by atoms with E-state index in [0.29, 0.717) is 26.4 Å². The van der Waals surface area contributed by atoms with Crippen molar-refractivity contribution in [2.24, 2.45) is 0 Å². The molecule has 0 radical (unpaired) electrons. The van der Waals surface area contributed by atoms with Crippen molar-refractivity contribution in [3.8, 4) is 0 Å². The minimum Gasteiger partial charge on any atom is -0.465 e. The lowest BCUT2D eigenvalue weighted by Crippen LogP contribution is -2.45. The molecule has 0 heterocycles. The molecule has 4 heteroatoms. The summed E-state index contributed by atoms with van der Waals surface area (Å²) in [5.74, 6) is -0.204. The lowest BCUT2D eigenvalue weighted by atomic mass is 10.0. The van der Waals surface area contributed by atoms with Crippen LogP contribution >= 0.6 is 0 Å². The van der Waals surface area contributed by atoms with Crippen molar-refractivity contribution in [2.75, 3.05) is 26.4 Å². The third kappa shape index (κ3) is 5.28. The molecule has 0 spiro atoms. The van der Waals surface area contributed by atoms with E-state index in [1.165, 1.54) is 16.3 Å². The van der Waals surface area contributed by atoms with Crippen LogP contribution in [0.1, 0.15) is 32.8 Å². The van der Waals surface area contributed by atoms with Crippen LogP contribution in [0, 0.1) is 0 Å². The fraction of sp³-hybridized carbons (Fsp3) is 0.476. The Morgan fingerprint density at radius 1 is 1.04 bits per heavy atom. The molecule has 4 nitrogen and oxygen atoms in total. The molecule has 0 saturated heterocycles. The van der Waals surface area contributed by atoms with Gasteiger partial charge in [-0.3, -0.25) is 9.69 Å². The molecule has 0 bridgehead atoms. The van der Waals surface area contributed by atoms with Crippen molar-refractivity contribution < 1.29 is 14.3 Å². The van der Waals surface area contributed by atoms with Gasteiger partial charge in [-0.2, -0.15) is 0 Å². The summed E-state index contributed by atoms with van der Waals surface area (Å²) in [5, 5.41) is 2.44. The van der Waals surface area contributed by atoms with Crippen molar-refractivity contribution in [3.63, 3.8) is 0 Å². The van der Waals surface area contributed by atoms with E-state index in [1.807, 2.05) is 19.9 Å². The maximum absolute atomic E-state index is 12.5. The van der Waals surface area contributed by atoms with Gasteiger partial charge in [-0.25, -0.2) is 0 Å². The van der Waals surface area contributed by atoms with Gasteiger partial charge in [0.2, 0.25) is 0 Å². The number of rotatable bonds is 10. The molecule has 1 atom stereocenters. The average Bonchev–Trinajstić information content (AvgIpc) is 2.62. The van der Waals surface area contributed by atoms with E-state index >= 15 is 0 Å². The maximum atomic E-state index is 12.5. The van der Waals surface area contributed by atoms with E-state index in [4.69, 9.17) is 9.47 Å². The SMILES string of the molecule is CCCN(Cc1cccc2ccccc12)C(COCC)C(=O)OCC. The Morgan fingerprint density at radius 2 is 1.80 bits per heavy atom. The van der Waals surface area contributed by atoms with Gasteiger partial charge in [0.25, 0.3) is 0 Å². The molecule has 0 amide bonds. The number of benzene rings is 2. The third-order valence-electron chi connectivity index (χ3n) is 4.24. The van der Waals surface area contributed by atoms with Gasteiger partial charge in [0.1, 0.15) is 6.04 Å². The Balaban J connectivity index is 2.28. The highest BCUT2D eigenvalue weighted by atomic mass is 16.5. The van der Waals surface area contributed by atoms with Gasteiger partial charge >= 0.3 is 5.97 Å². The largest absolute Gasteiger partial charge is 0.465 e. The predicted molar refractivity (Wildman–Crippen MR) is 102 cm³/mol. The van der Waals surface area contributed by atoms with E-state index in [-0.39, 0.29) is 12.0 Å². The molecule has 0 aromatic heterocycles. The summed E-state index contributed by atoms with van der Waals surface area (Å²) < 4.78 is 10.9. The fourth-order valence-electron chi connectivity index (χ4n) is 3.07. The zero-order valence-electron chi connectivity index (χ0n) is 15.5. The number of esters is 1. The molecule has 0 aliphatic rings. The summed E-state index contributed by atoms with van der Waals surface area (Å²) in [7, 11) is 0. The first-order chi connectivity index (χ1) is 12.2. The van der Waals surface area contributed by atoms with Crippen molar-refractivity contribution >= 4 is 16.7 Å². The number of fused-ring (bicyclic) bond motifs is 1. The van der Waals surface area contributed by atoms with Gasteiger partial charge < -0.3 is 9.47 Å². The fourth-order valence-corrected chi connectivity index (χ4v) is 3.07. The van der Waals surface area contributed by atoms with Crippen LogP contribution in [0.15, 0.2) is 42.5 Å². The molecule has 0 aliphatic carbocycles. The number of carbonyl (C=O) groups is 1. The molecule has 2 aromatic rings. The lowest BCUT2D eigenvalue weighted by Gasteiger charge is -2.30. The number of nitrogens with zero attached hydrogens (tertiary/aromatic N) is 1. The van der Waals surface area contributed by atoms with Gasteiger partial charge in [-0.15, -0.1) is 0 Å². The second-order valence-electron chi connectivity index (χ2n) is 6.04. The van der Waals surface area contributed by atoms with E-state index in [9.17, 15) is 4.79 Å². The smallest absolute Gasteiger partial charge is 0.325 e. The van der Waals surface area contributed by atoms with Crippen LogP contribution in [-0.4, -0.2) is 43.3 Å². The van der Waals surface area contributed by atoms with Crippen LogP contribution in [0.2, 0.25) is 0 Å². The van der Waals surface area contributed by atoms with Crippen molar-refractivity contribution in [2.45, 2.75) is 39.8 Å². The zero-order valence-corrected chi connectivity index (χ0v) is 15.5. The quantitative estimate of drug-likeness (QED) is 0.611. The molecule has 0 aliphatic heterocycles. The maximum Gasteiger partial charge on any atom is 0.325 e. The normalized spacial score (nSPS) is 12.5. The molecule has 136 valence electrons. The monoisotopic (exact) mass is 343 g/mol. The van der Waals surface area contributed by atoms with Crippen LogP contribution in [0.5, 0.6) is 0 Å². The molecular weight excluding hydrogens is 314 g/mol. The molecule has 0 N–H and O–H groups in total. The van der Waals surface area contributed by atoms with E-state index in [2.05, 4.69) is 48.2 Å². The Morgan fingerprint density at radius 3 is 2.52 bits per heavy atom. The summed E-state index contributed by atoms with van der Waals surface area (Å²) in [6, 6.07) is 14.3. The van der Waals surface area contributed by atoms with Crippen molar-refractivity contribution in [1.82, 2.24) is 4.90 Å². The standard InChI is InChI=1S/C21H29NO3/c1-4-14-22(20(16-24-5-2)21(23)25-6-3)15-18-12-9-11-17-10-7-8-13-19(17)18/h7-13,20H,4-6,14-16H2,1-3H3. The number of hydrogen-bond acceptors (Lipinski definition) is 4. The molecular formula is C21H29NO3. The number of carbonyl (C=O) groups excluding carboxylic acids is 1. The highest BCUT2D eigenvalue weighted by Gasteiger charge is 2.27. The van der Waals surface area contributed by atoms with Crippen LogP contribution in [-0.2, 0) is 20.8 Å². The van der Waals surface area contributed by atoms with Crippen LogP contribution in [0.3, 0.4) is 0 Å². The predicted octanol–water partition coefficient (Wildman–Crippen LogP) is 4.02. The lowest BCUT2D eigenvalue weighted by molar-refractivity contribution is -0.152. The molecule has 1 unspecified atom stereocenters.